The fraction of sp³-hybridized carbons (Fsp3) is 0.778. The van der Waals surface area contributed by atoms with Gasteiger partial charge in [-0.2, -0.15) is 0 Å². The molecule has 3 heteroatoms. The van der Waals surface area contributed by atoms with Gasteiger partial charge in [0.2, 0.25) is 0 Å². The van der Waals surface area contributed by atoms with Crippen LogP contribution in [0.1, 0.15) is 6.92 Å². The number of hydrogen-bond donors (Lipinski definition) is 1. The Kier molecular flexibility index (Phi) is 7.05. The van der Waals surface area contributed by atoms with Crippen LogP contribution >= 0.6 is 0 Å². The van der Waals surface area contributed by atoms with E-state index in [0.717, 1.165) is 5.57 Å². The predicted octanol–water partition coefficient (Wildman–Crippen LogP) is 0.813. The van der Waals surface area contributed by atoms with Crippen LogP contribution in [0.15, 0.2) is 12.2 Å². The lowest BCUT2D eigenvalue weighted by Crippen LogP contribution is -2.31. The van der Waals surface area contributed by atoms with Gasteiger partial charge in [-0.25, -0.2) is 0 Å². The van der Waals surface area contributed by atoms with Crippen LogP contribution in [0.25, 0.3) is 0 Å². The lowest BCUT2D eigenvalue weighted by Gasteiger charge is -2.15. The third-order valence-electron chi connectivity index (χ3n) is 1.66. The third kappa shape index (κ3) is 5.29. The fourth-order valence-electron chi connectivity index (χ4n) is 0.815. The van der Waals surface area contributed by atoms with Gasteiger partial charge in [-0.05, 0) is 14.0 Å². The molecule has 0 aliphatic heterocycles. The minimum absolute atomic E-state index is 0.252. The van der Waals surface area contributed by atoms with E-state index in [9.17, 15) is 0 Å². The van der Waals surface area contributed by atoms with Crippen LogP contribution in [0.3, 0.4) is 0 Å². The fourth-order valence-corrected chi connectivity index (χ4v) is 0.815. The van der Waals surface area contributed by atoms with Gasteiger partial charge in [0, 0.05) is 7.11 Å². The number of nitrogens with one attached hydrogen (secondary N) is 1. The maximum absolute atomic E-state index is 5.34. The average Bonchev–Trinajstić information content (AvgIpc) is 2.04. The summed E-state index contributed by atoms with van der Waals surface area (Å²) in [5, 5.41) is 3.11. The largest absolute Gasteiger partial charge is 0.382 e. The molecule has 0 aromatic carbocycles. The molecule has 0 aliphatic rings. The molecule has 72 valence electrons. The topological polar surface area (TPSA) is 30.5 Å². The van der Waals surface area contributed by atoms with Crippen LogP contribution in [0.4, 0.5) is 0 Å². The van der Waals surface area contributed by atoms with E-state index >= 15 is 0 Å². The van der Waals surface area contributed by atoms with Gasteiger partial charge in [0.15, 0.2) is 0 Å². The lowest BCUT2D eigenvalue weighted by atomic mass is 10.2. The predicted molar refractivity (Wildman–Crippen MR) is 50.4 cm³/mol. The van der Waals surface area contributed by atoms with E-state index in [0.29, 0.717) is 19.8 Å². The summed E-state index contributed by atoms with van der Waals surface area (Å²) in [7, 11) is 3.57. The maximum Gasteiger partial charge on any atom is 0.0701 e. The van der Waals surface area contributed by atoms with E-state index in [4.69, 9.17) is 9.47 Å². The summed E-state index contributed by atoms with van der Waals surface area (Å²) in [5.41, 5.74) is 1.09. The Bertz CT molecular complexity index is 126. The Labute approximate surface area is 74.7 Å². The van der Waals surface area contributed by atoms with Crippen LogP contribution in [0, 0.1) is 0 Å². The zero-order chi connectivity index (χ0) is 9.40. The molecule has 0 saturated carbocycles. The first-order valence-corrected chi connectivity index (χ1v) is 4.11. The highest BCUT2D eigenvalue weighted by Gasteiger charge is 2.05. The van der Waals surface area contributed by atoms with Crippen molar-refractivity contribution in [1.82, 2.24) is 5.32 Å². The van der Waals surface area contributed by atoms with Crippen LogP contribution in [0.5, 0.6) is 0 Å². The Morgan fingerprint density at radius 3 is 2.58 bits per heavy atom. The molecule has 1 N–H and O–H groups in total. The summed E-state index contributed by atoms with van der Waals surface area (Å²) >= 11 is 0. The summed E-state index contributed by atoms with van der Waals surface area (Å²) in [6.45, 7) is 7.79. The van der Waals surface area contributed by atoms with Gasteiger partial charge >= 0.3 is 0 Å². The molecule has 0 saturated heterocycles. The van der Waals surface area contributed by atoms with Crippen molar-refractivity contribution >= 4 is 0 Å². The second-order valence-corrected chi connectivity index (χ2v) is 2.76. The molecule has 1 atom stereocenters. The van der Waals surface area contributed by atoms with Crippen molar-refractivity contribution in [2.45, 2.75) is 13.0 Å². The molecule has 0 aromatic heterocycles. The van der Waals surface area contributed by atoms with Gasteiger partial charge < -0.3 is 14.8 Å². The number of likely N-dealkylation sites (N-methyl/N-ethyl adjacent to an activating group) is 1. The van der Waals surface area contributed by atoms with Crippen LogP contribution < -0.4 is 5.32 Å². The van der Waals surface area contributed by atoms with Gasteiger partial charge in [-0.15, -0.1) is 0 Å². The average molecular weight is 173 g/mol. The van der Waals surface area contributed by atoms with Gasteiger partial charge in [0.05, 0.1) is 25.9 Å². The highest BCUT2D eigenvalue weighted by Crippen LogP contribution is 1.97. The number of ether oxygens (including phenoxy) is 2. The van der Waals surface area contributed by atoms with Crippen molar-refractivity contribution in [1.29, 1.82) is 0 Å². The molecule has 0 aliphatic carbocycles. The smallest absolute Gasteiger partial charge is 0.0701 e. The zero-order valence-corrected chi connectivity index (χ0v) is 8.22. The van der Waals surface area contributed by atoms with Crippen molar-refractivity contribution in [3.8, 4) is 0 Å². The first kappa shape index (κ1) is 11.6. The highest BCUT2D eigenvalue weighted by molar-refractivity contribution is 5.00. The summed E-state index contributed by atoms with van der Waals surface area (Å²) in [4.78, 5) is 0. The first-order chi connectivity index (χ1) is 5.72. The Hall–Kier alpha value is -0.380. The monoisotopic (exact) mass is 173 g/mol. The molecule has 0 heterocycles. The summed E-state index contributed by atoms with van der Waals surface area (Å²) in [6, 6.07) is 0.252. The number of hydrogen-bond acceptors (Lipinski definition) is 3. The lowest BCUT2D eigenvalue weighted by molar-refractivity contribution is 0.0640. The van der Waals surface area contributed by atoms with Gasteiger partial charge in [0.25, 0.3) is 0 Å². The van der Waals surface area contributed by atoms with Crippen molar-refractivity contribution in [2.75, 3.05) is 34.0 Å². The van der Waals surface area contributed by atoms with Crippen molar-refractivity contribution in [3.05, 3.63) is 12.2 Å². The molecule has 0 fully saturated rings. The summed E-state index contributed by atoms with van der Waals surface area (Å²) < 4.78 is 10.2. The molecular formula is C9H19NO2. The normalized spacial score (nSPS) is 12.9. The number of rotatable bonds is 7. The van der Waals surface area contributed by atoms with Crippen molar-refractivity contribution in [3.63, 3.8) is 0 Å². The zero-order valence-electron chi connectivity index (χ0n) is 8.22. The molecule has 0 rings (SSSR count). The molecular weight excluding hydrogens is 154 g/mol. The van der Waals surface area contributed by atoms with Gasteiger partial charge in [-0.1, -0.05) is 12.2 Å². The van der Waals surface area contributed by atoms with Gasteiger partial charge in [0.1, 0.15) is 0 Å². The number of methoxy groups -OCH3 is 1. The molecule has 0 amide bonds. The molecule has 0 spiro atoms. The van der Waals surface area contributed by atoms with E-state index < -0.39 is 0 Å². The standard InChI is InChI=1S/C9H19NO2/c1-8(2)9(10-3)7-12-6-5-11-4/h9-10H,1,5-7H2,2-4H3. The Morgan fingerprint density at radius 1 is 1.50 bits per heavy atom. The molecule has 1 unspecified atom stereocenters. The van der Waals surface area contributed by atoms with E-state index in [2.05, 4.69) is 11.9 Å². The molecule has 3 nitrogen and oxygen atoms in total. The molecule has 0 radical (unpaired) electrons. The first-order valence-electron chi connectivity index (χ1n) is 4.11. The van der Waals surface area contributed by atoms with Gasteiger partial charge in [-0.3, -0.25) is 0 Å². The SMILES string of the molecule is C=C(C)C(COCCOC)NC. The Morgan fingerprint density at radius 2 is 2.17 bits per heavy atom. The van der Waals surface area contributed by atoms with E-state index in [1.807, 2.05) is 14.0 Å². The quantitative estimate of drug-likeness (QED) is 0.456. The second-order valence-electron chi connectivity index (χ2n) is 2.76. The van der Waals surface area contributed by atoms with E-state index in [1.54, 1.807) is 7.11 Å². The maximum atomic E-state index is 5.34. The summed E-state index contributed by atoms with van der Waals surface area (Å²) in [5.74, 6) is 0. The second kappa shape index (κ2) is 7.28. The minimum Gasteiger partial charge on any atom is -0.382 e. The third-order valence-corrected chi connectivity index (χ3v) is 1.66. The minimum atomic E-state index is 0.252. The Balaban J connectivity index is 3.38. The molecule has 0 bridgehead atoms. The molecule has 0 aromatic rings. The molecule has 12 heavy (non-hydrogen) atoms. The summed E-state index contributed by atoms with van der Waals surface area (Å²) in [6.07, 6.45) is 0. The van der Waals surface area contributed by atoms with E-state index in [-0.39, 0.29) is 6.04 Å². The van der Waals surface area contributed by atoms with E-state index in [1.165, 1.54) is 0 Å². The van der Waals surface area contributed by atoms with Crippen LogP contribution in [-0.4, -0.2) is 40.0 Å². The van der Waals surface area contributed by atoms with Crippen LogP contribution in [-0.2, 0) is 9.47 Å². The van der Waals surface area contributed by atoms with Crippen LogP contribution in [0.2, 0.25) is 0 Å². The van der Waals surface area contributed by atoms with Crippen molar-refractivity contribution in [2.24, 2.45) is 0 Å². The van der Waals surface area contributed by atoms with Crippen molar-refractivity contribution < 1.29 is 9.47 Å². The highest BCUT2D eigenvalue weighted by atomic mass is 16.5.